The van der Waals surface area contributed by atoms with Gasteiger partial charge in [-0.3, -0.25) is 14.6 Å². The molecule has 7 nitrogen and oxygen atoms in total. The lowest BCUT2D eigenvalue weighted by molar-refractivity contribution is -0.148. The molecule has 0 aromatic heterocycles. The predicted octanol–water partition coefficient (Wildman–Crippen LogP) is 1.03. The van der Waals surface area contributed by atoms with Crippen LogP contribution < -0.4 is 0 Å². The number of hydrogen-bond acceptors (Lipinski definition) is 6. The molecule has 2 aliphatic rings. The van der Waals surface area contributed by atoms with Crippen LogP contribution in [-0.2, 0) is 19.1 Å². The van der Waals surface area contributed by atoms with E-state index in [0.29, 0.717) is 51.0 Å². The van der Waals surface area contributed by atoms with Crippen LogP contribution in [0.4, 0.5) is 0 Å². The van der Waals surface area contributed by atoms with Gasteiger partial charge in [0.1, 0.15) is 6.04 Å². The minimum atomic E-state index is -0.555. The number of rotatable bonds is 5. The summed E-state index contributed by atoms with van der Waals surface area (Å²) in [5, 5.41) is 0.540. The van der Waals surface area contributed by atoms with E-state index in [2.05, 4.69) is 4.90 Å². The van der Waals surface area contributed by atoms with Crippen LogP contribution in [0, 0.1) is 0 Å². The van der Waals surface area contributed by atoms with E-state index in [1.165, 1.54) is 7.11 Å². The molecular formula is C19H26ClN3O4. The number of carbonyl (C=O) groups excluding carboxylic acids is 2. The summed E-state index contributed by atoms with van der Waals surface area (Å²) in [6, 6.07) is 6.76. The van der Waals surface area contributed by atoms with Crippen LogP contribution in [0.25, 0.3) is 0 Å². The van der Waals surface area contributed by atoms with Gasteiger partial charge in [-0.25, -0.2) is 4.79 Å². The lowest BCUT2D eigenvalue weighted by Crippen LogP contribution is -2.53. The number of hydrogen-bond donors (Lipinski definition) is 0. The number of piperazine rings is 1. The Balaban J connectivity index is 1.61. The average molecular weight is 396 g/mol. The van der Waals surface area contributed by atoms with Crippen LogP contribution in [0.1, 0.15) is 11.6 Å². The zero-order chi connectivity index (χ0) is 19.2. The van der Waals surface area contributed by atoms with Crippen molar-refractivity contribution in [1.29, 1.82) is 0 Å². The highest BCUT2D eigenvalue weighted by Gasteiger charge is 2.33. The van der Waals surface area contributed by atoms with Gasteiger partial charge < -0.3 is 14.4 Å². The standard InChI is InChI=1S/C19H26ClN3O4/c1-26-19(25)18(15-4-2-3-5-16(15)20)23-8-6-22(7-9-23)17(24)14-21-10-12-27-13-11-21/h2-5,18H,6-14H2,1H3. The molecule has 1 amide bonds. The smallest absolute Gasteiger partial charge is 0.327 e. The first-order valence-corrected chi connectivity index (χ1v) is 9.62. The number of carbonyl (C=O) groups is 2. The van der Waals surface area contributed by atoms with Crippen molar-refractivity contribution in [2.75, 3.05) is 66.1 Å². The third-order valence-electron chi connectivity index (χ3n) is 5.12. The molecule has 2 saturated heterocycles. The summed E-state index contributed by atoms with van der Waals surface area (Å²) in [6.07, 6.45) is 0. The van der Waals surface area contributed by atoms with Crippen molar-refractivity contribution in [3.05, 3.63) is 34.9 Å². The van der Waals surface area contributed by atoms with E-state index < -0.39 is 6.04 Å². The normalized spacial score (nSPS) is 20.3. The number of methoxy groups -OCH3 is 1. The monoisotopic (exact) mass is 395 g/mol. The van der Waals surface area contributed by atoms with Gasteiger partial charge in [0.05, 0.1) is 26.9 Å². The van der Waals surface area contributed by atoms with Gasteiger partial charge >= 0.3 is 5.97 Å². The second-order valence-electron chi connectivity index (χ2n) is 6.75. The van der Waals surface area contributed by atoms with Crippen LogP contribution in [0.3, 0.4) is 0 Å². The minimum Gasteiger partial charge on any atom is -0.468 e. The van der Waals surface area contributed by atoms with E-state index >= 15 is 0 Å². The molecule has 148 valence electrons. The van der Waals surface area contributed by atoms with E-state index in [9.17, 15) is 9.59 Å². The molecule has 1 aromatic rings. The van der Waals surface area contributed by atoms with Crippen molar-refractivity contribution in [2.24, 2.45) is 0 Å². The maximum Gasteiger partial charge on any atom is 0.327 e. The van der Waals surface area contributed by atoms with Crippen molar-refractivity contribution in [3.8, 4) is 0 Å². The lowest BCUT2D eigenvalue weighted by Gasteiger charge is -2.39. The zero-order valence-corrected chi connectivity index (χ0v) is 16.4. The summed E-state index contributed by atoms with van der Waals surface area (Å²) in [5.41, 5.74) is 0.735. The Morgan fingerprint density at radius 3 is 2.41 bits per heavy atom. The maximum atomic E-state index is 12.6. The summed E-state index contributed by atoms with van der Waals surface area (Å²) in [7, 11) is 1.38. The average Bonchev–Trinajstić information content (AvgIpc) is 2.70. The van der Waals surface area contributed by atoms with E-state index in [-0.39, 0.29) is 11.9 Å². The van der Waals surface area contributed by atoms with E-state index in [1.807, 2.05) is 28.0 Å². The summed E-state index contributed by atoms with van der Waals surface area (Å²) >= 11 is 6.31. The number of nitrogens with zero attached hydrogens (tertiary/aromatic N) is 3. The quantitative estimate of drug-likeness (QED) is 0.694. The Kier molecular flexibility index (Phi) is 7.07. The van der Waals surface area contributed by atoms with Crippen LogP contribution in [-0.4, -0.2) is 92.7 Å². The fourth-order valence-electron chi connectivity index (χ4n) is 3.56. The number of ether oxygens (including phenoxy) is 2. The Morgan fingerprint density at radius 1 is 1.11 bits per heavy atom. The first-order valence-electron chi connectivity index (χ1n) is 9.24. The minimum absolute atomic E-state index is 0.129. The highest BCUT2D eigenvalue weighted by atomic mass is 35.5. The van der Waals surface area contributed by atoms with Gasteiger partial charge in [-0.15, -0.1) is 0 Å². The third kappa shape index (κ3) is 4.99. The van der Waals surface area contributed by atoms with Gasteiger partial charge in [-0.1, -0.05) is 29.8 Å². The molecule has 0 aliphatic carbocycles. The number of benzene rings is 1. The van der Waals surface area contributed by atoms with Gasteiger partial charge in [-0.2, -0.15) is 0 Å². The fourth-order valence-corrected chi connectivity index (χ4v) is 3.80. The molecule has 0 saturated carbocycles. The van der Waals surface area contributed by atoms with Crippen LogP contribution in [0.2, 0.25) is 5.02 Å². The summed E-state index contributed by atoms with van der Waals surface area (Å²) in [5.74, 6) is -0.208. The van der Waals surface area contributed by atoms with E-state index in [4.69, 9.17) is 21.1 Å². The Morgan fingerprint density at radius 2 is 1.78 bits per heavy atom. The van der Waals surface area contributed by atoms with Gasteiger partial charge in [0.15, 0.2) is 0 Å². The molecule has 2 heterocycles. The van der Waals surface area contributed by atoms with Crippen LogP contribution in [0.5, 0.6) is 0 Å². The molecule has 2 aliphatic heterocycles. The molecule has 1 unspecified atom stereocenters. The SMILES string of the molecule is COC(=O)C(c1ccccc1Cl)N1CCN(C(=O)CN2CCOCC2)CC1. The summed E-state index contributed by atoms with van der Waals surface area (Å²) in [6.45, 7) is 5.74. The topological polar surface area (TPSA) is 62.3 Å². The molecule has 0 spiro atoms. The van der Waals surface area contributed by atoms with E-state index in [1.54, 1.807) is 6.07 Å². The summed E-state index contributed by atoms with van der Waals surface area (Å²) < 4.78 is 10.3. The molecule has 0 radical (unpaired) electrons. The first kappa shape index (κ1) is 20.1. The third-order valence-corrected chi connectivity index (χ3v) is 5.46. The molecule has 8 heteroatoms. The lowest BCUT2D eigenvalue weighted by atomic mass is 10.0. The van der Waals surface area contributed by atoms with Gasteiger partial charge in [0, 0.05) is 44.3 Å². The maximum absolute atomic E-state index is 12.6. The van der Waals surface area contributed by atoms with Crippen LogP contribution >= 0.6 is 11.6 Å². The molecule has 0 N–H and O–H groups in total. The van der Waals surface area contributed by atoms with Gasteiger partial charge in [0.2, 0.25) is 5.91 Å². The summed E-state index contributed by atoms with van der Waals surface area (Å²) in [4.78, 5) is 31.0. The van der Waals surface area contributed by atoms with Crippen molar-refractivity contribution in [3.63, 3.8) is 0 Å². The van der Waals surface area contributed by atoms with E-state index in [0.717, 1.165) is 18.7 Å². The number of halogens is 1. The second-order valence-corrected chi connectivity index (χ2v) is 7.16. The molecule has 27 heavy (non-hydrogen) atoms. The fraction of sp³-hybridized carbons (Fsp3) is 0.579. The second kappa shape index (κ2) is 9.50. The predicted molar refractivity (Wildman–Crippen MR) is 102 cm³/mol. The van der Waals surface area contributed by atoms with Crippen LogP contribution in [0.15, 0.2) is 24.3 Å². The Bertz CT molecular complexity index is 658. The number of amides is 1. The highest BCUT2D eigenvalue weighted by Crippen LogP contribution is 2.29. The number of morpholine rings is 1. The van der Waals surface area contributed by atoms with Gasteiger partial charge in [-0.05, 0) is 11.6 Å². The molecule has 1 atom stereocenters. The molecule has 0 bridgehead atoms. The Hall–Kier alpha value is -1.67. The molecule has 3 rings (SSSR count). The largest absolute Gasteiger partial charge is 0.468 e. The van der Waals surface area contributed by atoms with Crippen molar-refractivity contribution in [1.82, 2.24) is 14.7 Å². The van der Waals surface area contributed by atoms with Crippen molar-refractivity contribution in [2.45, 2.75) is 6.04 Å². The Labute approximate surface area is 164 Å². The molecular weight excluding hydrogens is 370 g/mol. The van der Waals surface area contributed by atoms with Crippen molar-refractivity contribution >= 4 is 23.5 Å². The first-order chi connectivity index (χ1) is 13.1. The highest BCUT2D eigenvalue weighted by molar-refractivity contribution is 6.31. The number of esters is 1. The van der Waals surface area contributed by atoms with Gasteiger partial charge in [0.25, 0.3) is 0 Å². The zero-order valence-electron chi connectivity index (χ0n) is 15.6. The molecule has 1 aromatic carbocycles. The van der Waals surface area contributed by atoms with Crippen molar-refractivity contribution < 1.29 is 19.1 Å². The molecule has 2 fully saturated rings.